The highest BCUT2D eigenvalue weighted by atomic mass is 79.9. The summed E-state index contributed by atoms with van der Waals surface area (Å²) in [6.07, 6.45) is 3.38. The molecule has 3 heterocycles. The summed E-state index contributed by atoms with van der Waals surface area (Å²) >= 11 is 3.40. The Morgan fingerprint density at radius 3 is 2.70 bits per heavy atom. The Kier molecular flexibility index (Phi) is 3.75. The number of carbonyl (C=O) groups excluding carboxylic acids is 1. The van der Waals surface area contributed by atoms with Gasteiger partial charge in [-0.2, -0.15) is 5.10 Å². The molecule has 0 aromatic carbocycles. The van der Waals surface area contributed by atoms with E-state index in [1.807, 2.05) is 31.4 Å². The second-order valence-corrected chi connectivity index (χ2v) is 7.37. The quantitative estimate of drug-likeness (QED) is 0.746. The number of anilines is 1. The molecule has 0 unspecified atom stereocenters. The standard InChI is InChI=1S/C16H18BrN5O/c1-16(2,3)12-8-14(21(4)20-12)19-15(23)11-9-18-13-7-10(17)5-6-22(11)13/h5-9H,1-4H3,(H,19,23). The van der Waals surface area contributed by atoms with Crippen LogP contribution in [0.3, 0.4) is 0 Å². The Morgan fingerprint density at radius 2 is 2.04 bits per heavy atom. The van der Waals surface area contributed by atoms with Gasteiger partial charge in [0.1, 0.15) is 17.2 Å². The van der Waals surface area contributed by atoms with E-state index >= 15 is 0 Å². The van der Waals surface area contributed by atoms with Crippen molar-refractivity contribution in [3.8, 4) is 0 Å². The van der Waals surface area contributed by atoms with Gasteiger partial charge in [-0.3, -0.25) is 13.9 Å². The molecule has 0 aliphatic carbocycles. The number of hydrogen-bond acceptors (Lipinski definition) is 3. The average molecular weight is 376 g/mol. The zero-order chi connectivity index (χ0) is 16.8. The Bertz CT molecular complexity index is 888. The molecule has 0 bridgehead atoms. The van der Waals surface area contributed by atoms with Crippen LogP contribution in [-0.2, 0) is 12.5 Å². The number of hydrogen-bond donors (Lipinski definition) is 1. The fourth-order valence-corrected chi connectivity index (χ4v) is 2.58. The molecule has 0 spiro atoms. The molecule has 0 saturated carbocycles. The second-order valence-electron chi connectivity index (χ2n) is 6.46. The van der Waals surface area contributed by atoms with Crippen molar-refractivity contribution in [3.63, 3.8) is 0 Å². The maximum atomic E-state index is 12.6. The number of nitrogens with zero attached hydrogens (tertiary/aromatic N) is 4. The van der Waals surface area contributed by atoms with Crippen LogP contribution >= 0.6 is 15.9 Å². The molecule has 120 valence electrons. The topological polar surface area (TPSA) is 64.2 Å². The van der Waals surface area contributed by atoms with E-state index in [0.29, 0.717) is 17.2 Å². The van der Waals surface area contributed by atoms with Gasteiger partial charge in [-0.25, -0.2) is 4.98 Å². The lowest BCUT2D eigenvalue weighted by Crippen LogP contribution is -2.16. The molecule has 3 aromatic rings. The molecular formula is C16H18BrN5O. The highest BCUT2D eigenvalue weighted by molar-refractivity contribution is 9.10. The van der Waals surface area contributed by atoms with Crippen molar-refractivity contribution in [2.24, 2.45) is 7.05 Å². The van der Waals surface area contributed by atoms with Gasteiger partial charge in [-0.15, -0.1) is 0 Å². The molecule has 7 heteroatoms. The summed E-state index contributed by atoms with van der Waals surface area (Å²) in [6.45, 7) is 6.26. The van der Waals surface area contributed by atoms with Crippen LogP contribution in [0.1, 0.15) is 37.0 Å². The zero-order valence-corrected chi connectivity index (χ0v) is 15.0. The van der Waals surface area contributed by atoms with E-state index < -0.39 is 0 Å². The molecule has 1 amide bonds. The lowest BCUT2D eigenvalue weighted by molar-refractivity contribution is 0.102. The number of aromatic nitrogens is 4. The number of fused-ring (bicyclic) bond motifs is 1. The third-order valence-electron chi connectivity index (χ3n) is 3.60. The minimum atomic E-state index is -0.219. The third-order valence-corrected chi connectivity index (χ3v) is 4.09. The van der Waals surface area contributed by atoms with Gasteiger partial charge in [0.15, 0.2) is 0 Å². The molecule has 1 N–H and O–H groups in total. The van der Waals surface area contributed by atoms with Crippen molar-refractivity contribution in [3.05, 3.63) is 46.5 Å². The maximum Gasteiger partial charge on any atom is 0.275 e. The van der Waals surface area contributed by atoms with Crippen molar-refractivity contribution in [2.75, 3.05) is 5.32 Å². The highest BCUT2D eigenvalue weighted by Gasteiger charge is 2.20. The van der Waals surface area contributed by atoms with Crippen LogP contribution in [0.4, 0.5) is 5.82 Å². The summed E-state index contributed by atoms with van der Waals surface area (Å²) in [6, 6.07) is 5.63. The van der Waals surface area contributed by atoms with Gasteiger partial charge in [0.2, 0.25) is 0 Å². The molecule has 6 nitrogen and oxygen atoms in total. The van der Waals surface area contributed by atoms with E-state index in [2.05, 4.69) is 52.1 Å². The lowest BCUT2D eigenvalue weighted by atomic mass is 9.92. The van der Waals surface area contributed by atoms with E-state index in [9.17, 15) is 4.79 Å². The lowest BCUT2D eigenvalue weighted by Gasteiger charge is -2.13. The number of carbonyl (C=O) groups is 1. The fraction of sp³-hybridized carbons (Fsp3) is 0.312. The Labute approximate surface area is 142 Å². The average Bonchev–Trinajstić information content (AvgIpc) is 3.02. The smallest absolute Gasteiger partial charge is 0.275 e. The van der Waals surface area contributed by atoms with E-state index in [-0.39, 0.29) is 11.3 Å². The first kappa shape index (κ1) is 15.7. The summed E-state index contributed by atoms with van der Waals surface area (Å²) in [5, 5.41) is 7.36. The summed E-state index contributed by atoms with van der Waals surface area (Å²) in [4.78, 5) is 16.8. The van der Waals surface area contributed by atoms with Gasteiger partial charge >= 0.3 is 0 Å². The van der Waals surface area contributed by atoms with E-state index in [1.54, 1.807) is 15.3 Å². The predicted molar refractivity (Wildman–Crippen MR) is 92.8 cm³/mol. The largest absolute Gasteiger partial charge is 0.305 e. The van der Waals surface area contributed by atoms with Crippen molar-refractivity contribution in [1.82, 2.24) is 19.2 Å². The zero-order valence-electron chi connectivity index (χ0n) is 13.5. The van der Waals surface area contributed by atoms with Crippen LogP contribution in [-0.4, -0.2) is 25.1 Å². The Balaban J connectivity index is 1.91. The molecule has 0 radical (unpaired) electrons. The number of halogens is 1. The van der Waals surface area contributed by atoms with Crippen molar-refractivity contribution in [2.45, 2.75) is 26.2 Å². The number of pyridine rings is 1. The summed E-state index contributed by atoms with van der Waals surface area (Å²) in [7, 11) is 1.82. The normalized spacial score (nSPS) is 11.9. The van der Waals surface area contributed by atoms with Crippen LogP contribution in [0.5, 0.6) is 0 Å². The minimum absolute atomic E-state index is 0.0731. The number of amides is 1. The first-order valence-electron chi connectivity index (χ1n) is 7.24. The van der Waals surface area contributed by atoms with Crippen LogP contribution in [0.2, 0.25) is 0 Å². The van der Waals surface area contributed by atoms with E-state index in [1.165, 1.54) is 0 Å². The molecule has 0 fully saturated rings. The third kappa shape index (κ3) is 3.01. The number of nitrogens with one attached hydrogen (secondary N) is 1. The number of imidazole rings is 1. The van der Waals surface area contributed by atoms with Gasteiger partial charge in [-0.1, -0.05) is 36.7 Å². The second kappa shape index (κ2) is 5.49. The minimum Gasteiger partial charge on any atom is -0.305 e. The highest BCUT2D eigenvalue weighted by Crippen LogP contribution is 2.23. The first-order valence-corrected chi connectivity index (χ1v) is 8.03. The number of rotatable bonds is 2. The summed E-state index contributed by atoms with van der Waals surface area (Å²) < 4.78 is 4.35. The maximum absolute atomic E-state index is 12.6. The van der Waals surface area contributed by atoms with Gasteiger partial charge in [0, 0.05) is 29.2 Å². The first-order chi connectivity index (χ1) is 10.8. The van der Waals surface area contributed by atoms with Crippen LogP contribution in [0.15, 0.2) is 35.1 Å². The van der Waals surface area contributed by atoms with Crippen LogP contribution < -0.4 is 5.32 Å². The molecule has 3 aromatic heterocycles. The summed E-state index contributed by atoms with van der Waals surface area (Å²) in [5.41, 5.74) is 2.05. The predicted octanol–water partition coefficient (Wildman–Crippen LogP) is 3.38. The fourth-order valence-electron chi connectivity index (χ4n) is 2.25. The molecule has 23 heavy (non-hydrogen) atoms. The van der Waals surface area contributed by atoms with Gasteiger partial charge in [-0.05, 0) is 12.1 Å². The molecule has 0 aliphatic heterocycles. The van der Waals surface area contributed by atoms with E-state index in [0.717, 1.165) is 10.2 Å². The van der Waals surface area contributed by atoms with Gasteiger partial charge in [0.05, 0.1) is 11.9 Å². The van der Waals surface area contributed by atoms with Crippen LogP contribution in [0, 0.1) is 0 Å². The Hall–Kier alpha value is -2.15. The molecule has 0 aliphatic rings. The summed E-state index contributed by atoms with van der Waals surface area (Å²) in [5.74, 6) is 0.440. The van der Waals surface area contributed by atoms with Crippen molar-refractivity contribution >= 4 is 33.3 Å². The molecule has 0 saturated heterocycles. The molecule has 3 rings (SSSR count). The SMILES string of the molecule is Cn1nc(C(C)(C)C)cc1NC(=O)c1cnc2cc(Br)ccn12. The van der Waals surface area contributed by atoms with Gasteiger partial charge < -0.3 is 5.32 Å². The van der Waals surface area contributed by atoms with Crippen molar-refractivity contribution in [1.29, 1.82) is 0 Å². The monoisotopic (exact) mass is 375 g/mol. The Morgan fingerprint density at radius 1 is 1.30 bits per heavy atom. The number of aryl methyl sites for hydroxylation is 1. The van der Waals surface area contributed by atoms with E-state index in [4.69, 9.17) is 0 Å². The van der Waals surface area contributed by atoms with Crippen molar-refractivity contribution < 1.29 is 4.79 Å². The molecule has 0 atom stereocenters. The molecular weight excluding hydrogens is 358 g/mol. The van der Waals surface area contributed by atoms with Gasteiger partial charge in [0.25, 0.3) is 5.91 Å². The van der Waals surface area contributed by atoms with Crippen LogP contribution in [0.25, 0.3) is 5.65 Å².